The van der Waals surface area contributed by atoms with Gasteiger partial charge in [0, 0.05) is 32.6 Å². The number of carbonyl (C=O) groups is 3. The smallest absolute Gasteiger partial charge is 0.238 e. The zero-order valence-electron chi connectivity index (χ0n) is 10.9. The molecule has 19 heavy (non-hydrogen) atoms. The molecule has 0 spiro atoms. The second kappa shape index (κ2) is 6.51. The SMILES string of the molecule is O=C1CNC(C(=O)NCCC(=O)N2CCCC2)CN1. The highest BCUT2D eigenvalue weighted by molar-refractivity contribution is 5.87. The molecule has 1 unspecified atom stereocenters. The Bertz CT molecular complexity index is 356. The van der Waals surface area contributed by atoms with Crippen LogP contribution in [0.4, 0.5) is 0 Å². The highest BCUT2D eigenvalue weighted by Gasteiger charge is 2.24. The highest BCUT2D eigenvalue weighted by Crippen LogP contribution is 2.08. The molecule has 0 saturated carbocycles. The molecule has 2 heterocycles. The summed E-state index contributed by atoms with van der Waals surface area (Å²) in [6.45, 7) is 2.47. The molecule has 2 saturated heterocycles. The summed E-state index contributed by atoms with van der Waals surface area (Å²) in [6, 6.07) is -0.403. The van der Waals surface area contributed by atoms with Crippen molar-refractivity contribution in [3.05, 3.63) is 0 Å². The number of nitrogens with zero attached hydrogens (tertiary/aromatic N) is 1. The summed E-state index contributed by atoms with van der Waals surface area (Å²) in [5.74, 6) is -0.176. The largest absolute Gasteiger partial charge is 0.354 e. The van der Waals surface area contributed by atoms with Gasteiger partial charge < -0.3 is 15.5 Å². The van der Waals surface area contributed by atoms with Gasteiger partial charge in [0.25, 0.3) is 0 Å². The molecule has 0 radical (unpaired) electrons. The van der Waals surface area contributed by atoms with Crippen LogP contribution in [0.25, 0.3) is 0 Å². The van der Waals surface area contributed by atoms with E-state index in [0.29, 0.717) is 19.5 Å². The van der Waals surface area contributed by atoms with Gasteiger partial charge in [-0.1, -0.05) is 0 Å². The van der Waals surface area contributed by atoms with Crippen molar-refractivity contribution >= 4 is 17.7 Å². The fourth-order valence-corrected chi connectivity index (χ4v) is 2.29. The number of hydrogen-bond acceptors (Lipinski definition) is 4. The Morgan fingerprint density at radius 1 is 1.32 bits per heavy atom. The van der Waals surface area contributed by atoms with E-state index in [4.69, 9.17) is 0 Å². The zero-order chi connectivity index (χ0) is 13.7. The third kappa shape index (κ3) is 3.92. The van der Waals surface area contributed by atoms with Gasteiger partial charge >= 0.3 is 0 Å². The lowest BCUT2D eigenvalue weighted by atomic mass is 10.2. The van der Waals surface area contributed by atoms with Gasteiger partial charge in [-0.3, -0.25) is 19.7 Å². The molecule has 1 atom stereocenters. The van der Waals surface area contributed by atoms with Gasteiger partial charge in [-0.05, 0) is 12.8 Å². The molecule has 0 bridgehead atoms. The Balaban J connectivity index is 1.63. The minimum absolute atomic E-state index is 0.0997. The van der Waals surface area contributed by atoms with Gasteiger partial charge in [-0.15, -0.1) is 0 Å². The van der Waals surface area contributed by atoms with Crippen LogP contribution in [0, 0.1) is 0 Å². The second-order valence-corrected chi connectivity index (χ2v) is 4.87. The maximum Gasteiger partial charge on any atom is 0.238 e. The number of nitrogens with one attached hydrogen (secondary N) is 3. The van der Waals surface area contributed by atoms with Crippen molar-refractivity contribution in [2.45, 2.75) is 25.3 Å². The van der Waals surface area contributed by atoms with Crippen molar-refractivity contribution in [2.75, 3.05) is 32.7 Å². The van der Waals surface area contributed by atoms with E-state index < -0.39 is 6.04 Å². The van der Waals surface area contributed by atoms with Crippen LogP contribution in [0.15, 0.2) is 0 Å². The second-order valence-electron chi connectivity index (χ2n) is 4.87. The normalized spacial score (nSPS) is 23.1. The molecule has 106 valence electrons. The summed E-state index contributed by atoms with van der Waals surface area (Å²) in [6.07, 6.45) is 2.48. The molecule has 3 N–H and O–H groups in total. The Labute approximate surface area is 112 Å². The van der Waals surface area contributed by atoms with Crippen LogP contribution in [0.5, 0.6) is 0 Å². The number of rotatable bonds is 4. The molecule has 2 aliphatic heterocycles. The monoisotopic (exact) mass is 268 g/mol. The van der Waals surface area contributed by atoms with Gasteiger partial charge in [0.05, 0.1) is 6.54 Å². The van der Waals surface area contributed by atoms with E-state index in [9.17, 15) is 14.4 Å². The predicted octanol–water partition coefficient (Wildman–Crippen LogP) is -1.80. The van der Waals surface area contributed by atoms with Gasteiger partial charge in [0.2, 0.25) is 17.7 Å². The lowest BCUT2D eigenvalue weighted by molar-refractivity contribution is -0.130. The summed E-state index contributed by atoms with van der Waals surface area (Å²) in [5.41, 5.74) is 0. The van der Waals surface area contributed by atoms with E-state index in [1.807, 2.05) is 4.90 Å². The molecule has 0 aromatic rings. The quantitative estimate of drug-likeness (QED) is 0.561. The van der Waals surface area contributed by atoms with Crippen molar-refractivity contribution in [3.8, 4) is 0 Å². The lowest BCUT2D eigenvalue weighted by Crippen LogP contribution is -2.58. The summed E-state index contributed by atoms with van der Waals surface area (Å²) in [4.78, 5) is 36.3. The standard InChI is InChI=1S/C12H20N4O3/c17-10-8-14-9(7-15-10)12(19)13-4-3-11(18)16-5-1-2-6-16/h9,14H,1-8H2,(H,13,19)(H,15,17). The average Bonchev–Trinajstić information content (AvgIpc) is 2.93. The zero-order valence-corrected chi connectivity index (χ0v) is 10.9. The Morgan fingerprint density at radius 2 is 2.05 bits per heavy atom. The van der Waals surface area contributed by atoms with Crippen molar-refractivity contribution in [3.63, 3.8) is 0 Å². The Morgan fingerprint density at radius 3 is 2.68 bits per heavy atom. The van der Waals surface area contributed by atoms with Gasteiger partial charge in [0.1, 0.15) is 6.04 Å². The molecule has 3 amide bonds. The lowest BCUT2D eigenvalue weighted by Gasteiger charge is -2.23. The first kappa shape index (κ1) is 13.8. The summed E-state index contributed by atoms with van der Waals surface area (Å²) < 4.78 is 0. The van der Waals surface area contributed by atoms with E-state index in [-0.39, 0.29) is 24.3 Å². The molecule has 2 rings (SSSR count). The van der Waals surface area contributed by atoms with Crippen LogP contribution >= 0.6 is 0 Å². The minimum atomic E-state index is -0.403. The first-order valence-electron chi connectivity index (χ1n) is 6.72. The van der Waals surface area contributed by atoms with Crippen LogP contribution in [0.2, 0.25) is 0 Å². The number of piperazine rings is 1. The maximum absolute atomic E-state index is 11.8. The predicted molar refractivity (Wildman–Crippen MR) is 68.2 cm³/mol. The number of carbonyl (C=O) groups excluding carboxylic acids is 3. The number of likely N-dealkylation sites (tertiary alicyclic amines) is 1. The van der Waals surface area contributed by atoms with E-state index in [1.165, 1.54) is 0 Å². The molecule has 0 aromatic heterocycles. The van der Waals surface area contributed by atoms with Crippen LogP contribution in [0.3, 0.4) is 0 Å². The van der Waals surface area contributed by atoms with Crippen LogP contribution in [0.1, 0.15) is 19.3 Å². The Hall–Kier alpha value is -1.63. The fourth-order valence-electron chi connectivity index (χ4n) is 2.29. The van der Waals surface area contributed by atoms with Gasteiger partial charge in [0.15, 0.2) is 0 Å². The van der Waals surface area contributed by atoms with Crippen molar-refractivity contribution in [1.29, 1.82) is 0 Å². The van der Waals surface area contributed by atoms with Crippen LogP contribution in [-0.2, 0) is 14.4 Å². The molecule has 7 heteroatoms. The number of amides is 3. The average molecular weight is 268 g/mol. The first-order chi connectivity index (χ1) is 9.16. The van der Waals surface area contributed by atoms with E-state index >= 15 is 0 Å². The summed E-state index contributed by atoms with van der Waals surface area (Å²) in [7, 11) is 0. The fraction of sp³-hybridized carbons (Fsp3) is 0.750. The van der Waals surface area contributed by atoms with Crippen LogP contribution in [-0.4, -0.2) is 61.4 Å². The molecule has 7 nitrogen and oxygen atoms in total. The molecular weight excluding hydrogens is 248 g/mol. The molecule has 0 aliphatic carbocycles. The summed E-state index contributed by atoms with van der Waals surface area (Å²) in [5, 5.41) is 8.18. The molecule has 0 aromatic carbocycles. The maximum atomic E-state index is 11.8. The molecule has 2 aliphatic rings. The van der Waals surface area contributed by atoms with Crippen molar-refractivity contribution < 1.29 is 14.4 Å². The molecule has 2 fully saturated rings. The van der Waals surface area contributed by atoms with E-state index in [0.717, 1.165) is 25.9 Å². The van der Waals surface area contributed by atoms with Crippen molar-refractivity contribution in [2.24, 2.45) is 0 Å². The molecular formula is C12H20N4O3. The van der Waals surface area contributed by atoms with Gasteiger partial charge in [-0.25, -0.2) is 0 Å². The van der Waals surface area contributed by atoms with E-state index in [2.05, 4.69) is 16.0 Å². The van der Waals surface area contributed by atoms with Gasteiger partial charge in [-0.2, -0.15) is 0 Å². The van der Waals surface area contributed by atoms with Crippen molar-refractivity contribution in [1.82, 2.24) is 20.9 Å². The third-order valence-electron chi connectivity index (χ3n) is 3.43. The first-order valence-corrected chi connectivity index (χ1v) is 6.72. The minimum Gasteiger partial charge on any atom is -0.354 e. The topological polar surface area (TPSA) is 90.5 Å². The van der Waals surface area contributed by atoms with Crippen LogP contribution < -0.4 is 16.0 Å². The highest BCUT2D eigenvalue weighted by atomic mass is 16.2. The van der Waals surface area contributed by atoms with E-state index in [1.54, 1.807) is 0 Å². The number of hydrogen-bond donors (Lipinski definition) is 3. The third-order valence-corrected chi connectivity index (χ3v) is 3.43. The summed E-state index contributed by atoms with van der Waals surface area (Å²) >= 11 is 0. The Kier molecular flexibility index (Phi) is 4.73.